The summed E-state index contributed by atoms with van der Waals surface area (Å²) in [6, 6.07) is 16.7. The molecule has 0 aromatic heterocycles. The summed E-state index contributed by atoms with van der Waals surface area (Å²) in [7, 11) is -10.1. The third-order valence-corrected chi connectivity index (χ3v) is 14.7. The molecule has 2 atom stereocenters. The lowest BCUT2D eigenvalue weighted by Crippen LogP contribution is -2.33. The number of halogens is 1. The minimum atomic E-state index is -4.57. The van der Waals surface area contributed by atoms with Crippen molar-refractivity contribution < 1.29 is 53.0 Å². The Labute approximate surface area is 360 Å². The van der Waals surface area contributed by atoms with Crippen LogP contribution >= 0.6 is 15.9 Å². The standard InChI is InChI=1S/C43H49BrN2O11S3/c1-6-23-45-35-17-12-29-11-15-31(59(50,51)52)28-34(29)41(35)43(3,22-26-57-5)38(45)19-13-30(44)14-20-39-42(2,21-25-56-4)40-33-9-7-10-37(60(53,54)55)32(33)16-18-36(40)46(39)24-8-27-58(47,48)49/h7,9-20,28H,6,8,21-27H2,1-5H3,(H2-,47,48,49,50,51,52,53,54,55)/p+1. The summed E-state index contributed by atoms with van der Waals surface area (Å²) < 4.78 is 117. The van der Waals surface area contributed by atoms with Gasteiger partial charge in [0.2, 0.25) is 5.69 Å². The van der Waals surface area contributed by atoms with Crippen LogP contribution < -0.4 is 4.90 Å². The third kappa shape index (κ3) is 8.92. The monoisotopic (exact) mass is 945 g/mol. The van der Waals surface area contributed by atoms with Gasteiger partial charge in [0.25, 0.3) is 30.4 Å². The van der Waals surface area contributed by atoms with Crippen molar-refractivity contribution in [3.8, 4) is 0 Å². The number of benzene rings is 4. The lowest BCUT2D eigenvalue weighted by atomic mass is 9.75. The Morgan fingerprint density at radius 2 is 1.52 bits per heavy atom. The summed E-state index contributed by atoms with van der Waals surface area (Å²) in [6.45, 7) is 7.84. The van der Waals surface area contributed by atoms with Gasteiger partial charge < -0.3 is 14.4 Å². The molecule has 2 aliphatic heterocycles. The molecular weight excluding hydrogens is 897 g/mol. The lowest BCUT2D eigenvalue weighted by molar-refractivity contribution is -0.437. The summed E-state index contributed by atoms with van der Waals surface area (Å²) in [6.07, 6.45) is 9.72. The first-order chi connectivity index (χ1) is 28.2. The number of anilines is 1. The summed E-state index contributed by atoms with van der Waals surface area (Å²) >= 11 is 3.77. The number of ether oxygens (including phenoxy) is 2. The Morgan fingerprint density at radius 3 is 2.15 bits per heavy atom. The molecule has 0 amide bonds. The fraction of sp³-hybridized carbons (Fsp3) is 0.372. The number of rotatable bonds is 17. The zero-order valence-corrected chi connectivity index (χ0v) is 38.1. The molecule has 0 spiro atoms. The maximum absolute atomic E-state index is 12.5. The smallest absolute Gasteiger partial charge is 0.295 e. The van der Waals surface area contributed by atoms with Gasteiger partial charge in [-0.3, -0.25) is 13.7 Å². The molecule has 2 heterocycles. The van der Waals surface area contributed by atoms with Crippen molar-refractivity contribution in [2.75, 3.05) is 51.2 Å². The minimum absolute atomic E-state index is 0.0937. The van der Waals surface area contributed by atoms with E-state index >= 15 is 0 Å². The highest BCUT2D eigenvalue weighted by Gasteiger charge is 2.49. The van der Waals surface area contributed by atoms with E-state index in [0.717, 1.165) is 45.7 Å². The normalized spacial score (nSPS) is 20.6. The topological polar surface area (TPSA) is 188 Å². The second-order valence-electron chi connectivity index (χ2n) is 15.5. The molecule has 4 aromatic rings. The van der Waals surface area contributed by atoms with Gasteiger partial charge in [0.1, 0.15) is 11.4 Å². The summed E-state index contributed by atoms with van der Waals surface area (Å²) in [5.74, 6) is -0.465. The van der Waals surface area contributed by atoms with Crippen molar-refractivity contribution >= 4 is 84.9 Å². The van der Waals surface area contributed by atoms with E-state index in [1.54, 1.807) is 44.6 Å². The zero-order chi connectivity index (χ0) is 43.8. The van der Waals surface area contributed by atoms with Gasteiger partial charge >= 0.3 is 0 Å². The molecule has 2 aliphatic rings. The Hall–Kier alpha value is -3.78. The van der Waals surface area contributed by atoms with Gasteiger partial charge in [-0.2, -0.15) is 29.8 Å². The molecule has 0 bridgehead atoms. The van der Waals surface area contributed by atoms with Crippen LogP contribution in [0.2, 0.25) is 0 Å². The predicted octanol–water partition coefficient (Wildman–Crippen LogP) is 8.10. The molecule has 0 aliphatic carbocycles. The van der Waals surface area contributed by atoms with Crippen LogP contribution in [-0.4, -0.2) is 95.5 Å². The van der Waals surface area contributed by atoms with E-state index < -0.39 is 46.9 Å². The highest BCUT2D eigenvalue weighted by molar-refractivity contribution is 9.11. The van der Waals surface area contributed by atoms with Crippen molar-refractivity contribution in [3.63, 3.8) is 0 Å². The Balaban J connectivity index is 1.50. The maximum Gasteiger partial charge on any atom is 0.295 e. The molecule has 4 aromatic carbocycles. The molecule has 0 fully saturated rings. The van der Waals surface area contributed by atoms with E-state index in [1.165, 1.54) is 18.2 Å². The fourth-order valence-electron chi connectivity index (χ4n) is 8.86. The molecule has 322 valence electrons. The van der Waals surface area contributed by atoms with Crippen molar-refractivity contribution in [3.05, 3.63) is 106 Å². The lowest BCUT2D eigenvalue weighted by Gasteiger charge is -2.30. The zero-order valence-electron chi connectivity index (χ0n) is 34.1. The van der Waals surface area contributed by atoms with Crippen LogP contribution in [0.25, 0.3) is 21.5 Å². The van der Waals surface area contributed by atoms with E-state index in [0.29, 0.717) is 53.2 Å². The number of methoxy groups -OCH3 is 2. The first kappa shape index (κ1) is 45.7. The Kier molecular flexibility index (Phi) is 13.4. The van der Waals surface area contributed by atoms with Crippen molar-refractivity contribution in [2.24, 2.45) is 0 Å². The maximum atomic E-state index is 12.5. The SMILES string of the molecule is CCC[N+]1=C(/C=C/C(Br)=C/C=C2/N(CCCS(=O)(=O)O)c3ccc4c(S(=O)(=O)O)cccc4c3C2(C)CCOC)C(C)(CCOC)c2c1ccc1ccc(S(=O)(=O)O)cc21. The second kappa shape index (κ2) is 17.5. The highest BCUT2D eigenvalue weighted by atomic mass is 79.9. The van der Waals surface area contributed by atoms with Crippen LogP contribution in [0, 0.1) is 0 Å². The first-order valence-electron chi connectivity index (χ1n) is 19.4. The molecule has 0 radical (unpaired) electrons. The van der Waals surface area contributed by atoms with Crippen LogP contribution in [0.3, 0.4) is 0 Å². The van der Waals surface area contributed by atoms with Crippen LogP contribution in [0.1, 0.15) is 57.6 Å². The number of hydrogen-bond donors (Lipinski definition) is 3. The fourth-order valence-corrected chi connectivity index (χ4v) is 10.8. The summed E-state index contributed by atoms with van der Waals surface area (Å²) in [4.78, 5) is 1.57. The number of allylic oxidation sites excluding steroid dienone is 6. The van der Waals surface area contributed by atoms with Crippen LogP contribution in [0.4, 0.5) is 11.4 Å². The van der Waals surface area contributed by atoms with Gasteiger partial charge in [0.05, 0.1) is 16.1 Å². The van der Waals surface area contributed by atoms with E-state index in [2.05, 4.69) is 34.4 Å². The molecule has 17 heteroatoms. The largest absolute Gasteiger partial charge is 0.385 e. The first-order valence-corrected chi connectivity index (χ1v) is 24.7. The van der Waals surface area contributed by atoms with Gasteiger partial charge in [0, 0.05) is 84.8 Å². The van der Waals surface area contributed by atoms with Gasteiger partial charge in [-0.1, -0.05) is 47.1 Å². The predicted molar refractivity (Wildman–Crippen MR) is 238 cm³/mol. The second-order valence-corrected chi connectivity index (χ2v) is 20.8. The van der Waals surface area contributed by atoms with E-state index in [-0.39, 0.29) is 22.8 Å². The molecule has 6 rings (SSSR count). The number of fused-ring (bicyclic) bond motifs is 6. The number of hydrogen-bond acceptors (Lipinski definition) is 9. The number of nitrogens with zero attached hydrogens (tertiary/aromatic N) is 2. The van der Waals surface area contributed by atoms with Crippen LogP contribution in [0.5, 0.6) is 0 Å². The minimum Gasteiger partial charge on any atom is -0.385 e. The summed E-state index contributed by atoms with van der Waals surface area (Å²) in [5, 5.41) is 2.49. The van der Waals surface area contributed by atoms with Crippen molar-refractivity contribution in [1.29, 1.82) is 0 Å². The van der Waals surface area contributed by atoms with Crippen molar-refractivity contribution in [2.45, 2.75) is 67.1 Å². The third-order valence-electron chi connectivity index (χ3n) is 11.6. The van der Waals surface area contributed by atoms with Gasteiger partial charge in [-0.05, 0) is 103 Å². The van der Waals surface area contributed by atoms with Gasteiger partial charge in [-0.25, -0.2) is 0 Å². The molecule has 2 unspecified atom stereocenters. The highest BCUT2D eigenvalue weighted by Crippen LogP contribution is 2.53. The molecule has 0 saturated heterocycles. The molecule has 0 saturated carbocycles. The molecule has 60 heavy (non-hydrogen) atoms. The molecule has 13 nitrogen and oxygen atoms in total. The van der Waals surface area contributed by atoms with Gasteiger partial charge in [0.15, 0.2) is 5.71 Å². The summed E-state index contributed by atoms with van der Waals surface area (Å²) in [5.41, 5.74) is 3.67. The Morgan fingerprint density at radius 1 is 0.833 bits per heavy atom. The van der Waals surface area contributed by atoms with E-state index in [4.69, 9.17) is 9.47 Å². The average Bonchev–Trinajstić information content (AvgIpc) is 3.56. The van der Waals surface area contributed by atoms with E-state index in [9.17, 15) is 38.9 Å². The van der Waals surface area contributed by atoms with E-state index in [1.807, 2.05) is 48.3 Å². The van der Waals surface area contributed by atoms with Crippen LogP contribution in [-0.2, 0) is 50.7 Å². The van der Waals surface area contributed by atoms with Crippen LogP contribution in [0.15, 0.2) is 105 Å². The molecular formula is C43H50BrN2O11S3+. The van der Waals surface area contributed by atoms with Gasteiger partial charge in [-0.15, -0.1) is 0 Å². The van der Waals surface area contributed by atoms with Crippen molar-refractivity contribution in [1.82, 2.24) is 0 Å². The quantitative estimate of drug-likeness (QED) is 0.0525. The average molecular weight is 947 g/mol. The Bertz CT molecular complexity index is 2820. The molecule has 3 N–H and O–H groups in total.